The highest BCUT2D eigenvalue weighted by Crippen LogP contribution is 2.03. The molecule has 0 aromatic rings. The van der Waals surface area contributed by atoms with Crippen molar-refractivity contribution in [1.82, 2.24) is 0 Å². The fourth-order valence-electron chi connectivity index (χ4n) is 0.480. The van der Waals surface area contributed by atoms with Crippen LogP contribution in [0.3, 0.4) is 0 Å². The van der Waals surface area contributed by atoms with Gasteiger partial charge in [0.05, 0.1) is 0 Å². The number of hydrogen-bond donors (Lipinski definition) is 0. The van der Waals surface area contributed by atoms with Gasteiger partial charge in [0, 0.05) is 6.61 Å². The van der Waals surface area contributed by atoms with E-state index in [0.29, 0.717) is 0 Å². The Balaban J connectivity index is 3.07. The summed E-state index contributed by atoms with van der Waals surface area (Å²) in [5.41, 5.74) is 0. The molecule has 0 N–H and O–H groups in total. The van der Waals surface area contributed by atoms with Crippen LogP contribution < -0.4 is 0 Å². The molecule has 0 atom stereocenters. The quantitative estimate of drug-likeness (QED) is 0.436. The molecule has 1 nitrogen and oxygen atoms in total. The van der Waals surface area contributed by atoms with Crippen molar-refractivity contribution < 1.29 is 4.43 Å². The molecule has 0 spiro atoms. The molecule has 0 bridgehead atoms. The second kappa shape index (κ2) is 4.07. The van der Waals surface area contributed by atoms with Crippen molar-refractivity contribution in [3.05, 3.63) is 6.92 Å². The average molecular weight is 145 g/mol. The first-order valence-corrected chi connectivity index (χ1v) is 6.90. The summed E-state index contributed by atoms with van der Waals surface area (Å²) >= 11 is 0. The summed E-state index contributed by atoms with van der Waals surface area (Å²) in [5.74, 6) is 0. The van der Waals surface area contributed by atoms with E-state index < -0.39 is 8.32 Å². The summed E-state index contributed by atoms with van der Waals surface area (Å²) in [7, 11) is -1.22. The van der Waals surface area contributed by atoms with Crippen molar-refractivity contribution in [2.45, 2.75) is 32.5 Å². The SMILES string of the molecule is [CH2]CCCO[Si](C)(C)C. The predicted molar refractivity (Wildman–Crippen MR) is 43.9 cm³/mol. The van der Waals surface area contributed by atoms with E-state index >= 15 is 0 Å². The lowest BCUT2D eigenvalue weighted by Gasteiger charge is -2.16. The van der Waals surface area contributed by atoms with Gasteiger partial charge in [0.1, 0.15) is 0 Å². The van der Waals surface area contributed by atoms with Crippen LogP contribution >= 0.6 is 0 Å². The van der Waals surface area contributed by atoms with Gasteiger partial charge in [0.15, 0.2) is 8.32 Å². The summed E-state index contributed by atoms with van der Waals surface area (Å²) in [6.07, 6.45) is 2.09. The van der Waals surface area contributed by atoms with Gasteiger partial charge < -0.3 is 4.43 Å². The zero-order valence-electron chi connectivity index (χ0n) is 6.74. The first kappa shape index (κ1) is 9.18. The van der Waals surface area contributed by atoms with Gasteiger partial charge in [-0.15, -0.1) is 0 Å². The van der Waals surface area contributed by atoms with Crippen molar-refractivity contribution in [3.8, 4) is 0 Å². The van der Waals surface area contributed by atoms with Crippen LogP contribution in [0.2, 0.25) is 19.6 Å². The average Bonchev–Trinajstić information content (AvgIpc) is 1.63. The Morgan fingerprint density at radius 1 is 1.33 bits per heavy atom. The lowest BCUT2D eigenvalue weighted by atomic mass is 10.4. The summed E-state index contributed by atoms with van der Waals surface area (Å²) in [6, 6.07) is 0. The Kier molecular flexibility index (Phi) is 4.15. The molecule has 0 heterocycles. The van der Waals surface area contributed by atoms with Crippen molar-refractivity contribution in [1.29, 1.82) is 0 Å². The van der Waals surface area contributed by atoms with Crippen molar-refractivity contribution >= 4 is 8.32 Å². The molecule has 0 fully saturated rings. The van der Waals surface area contributed by atoms with E-state index in [4.69, 9.17) is 4.43 Å². The Morgan fingerprint density at radius 2 is 1.89 bits per heavy atom. The number of unbranched alkanes of at least 4 members (excludes halogenated alkanes) is 1. The summed E-state index contributed by atoms with van der Waals surface area (Å²) in [5, 5.41) is 0. The van der Waals surface area contributed by atoms with Gasteiger partial charge in [-0.1, -0.05) is 13.3 Å². The van der Waals surface area contributed by atoms with E-state index in [1.165, 1.54) is 0 Å². The molecule has 0 unspecified atom stereocenters. The van der Waals surface area contributed by atoms with Crippen molar-refractivity contribution in [3.63, 3.8) is 0 Å². The summed E-state index contributed by atoms with van der Waals surface area (Å²) in [4.78, 5) is 0. The van der Waals surface area contributed by atoms with Crippen LogP contribution in [0.4, 0.5) is 0 Å². The highest BCUT2D eigenvalue weighted by molar-refractivity contribution is 6.69. The molecule has 0 aromatic heterocycles. The summed E-state index contributed by atoms with van der Waals surface area (Å²) < 4.78 is 5.57. The minimum atomic E-state index is -1.22. The molecule has 1 radical (unpaired) electrons. The molecule has 0 saturated carbocycles. The zero-order valence-corrected chi connectivity index (χ0v) is 7.74. The van der Waals surface area contributed by atoms with E-state index in [1.54, 1.807) is 0 Å². The minimum absolute atomic E-state index is 0.902. The maximum atomic E-state index is 5.57. The monoisotopic (exact) mass is 145 g/mol. The van der Waals surface area contributed by atoms with E-state index in [-0.39, 0.29) is 0 Å². The zero-order chi connectivity index (χ0) is 7.33. The van der Waals surface area contributed by atoms with Gasteiger partial charge in [-0.25, -0.2) is 0 Å². The number of hydrogen-bond acceptors (Lipinski definition) is 1. The Bertz CT molecular complexity index is 65.8. The van der Waals surface area contributed by atoms with Gasteiger partial charge >= 0.3 is 0 Å². The molecule has 0 aliphatic carbocycles. The van der Waals surface area contributed by atoms with Gasteiger partial charge in [0.2, 0.25) is 0 Å². The van der Waals surface area contributed by atoms with E-state index in [0.717, 1.165) is 19.4 Å². The second-order valence-corrected chi connectivity index (χ2v) is 7.68. The molecule has 0 rings (SSSR count). The molecule has 0 amide bonds. The molecule has 55 valence electrons. The molecular weight excluding hydrogens is 128 g/mol. The van der Waals surface area contributed by atoms with Crippen LogP contribution in [0.5, 0.6) is 0 Å². The van der Waals surface area contributed by atoms with E-state index in [1.807, 2.05) is 0 Å². The third kappa shape index (κ3) is 8.18. The summed E-state index contributed by atoms with van der Waals surface area (Å²) in [6.45, 7) is 11.3. The Morgan fingerprint density at radius 3 is 2.22 bits per heavy atom. The molecule has 0 aliphatic heterocycles. The van der Waals surface area contributed by atoms with Crippen LogP contribution in [-0.4, -0.2) is 14.9 Å². The predicted octanol–water partition coefficient (Wildman–Crippen LogP) is 2.45. The molecule has 2 heteroatoms. The largest absolute Gasteiger partial charge is 0.418 e. The van der Waals surface area contributed by atoms with Gasteiger partial charge in [-0.3, -0.25) is 0 Å². The first-order chi connectivity index (χ1) is 4.06. The maximum Gasteiger partial charge on any atom is 0.183 e. The van der Waals surface area contributed by atoms with E-state index in [9.17, 15) is 0 Å². The van der Waals surface area contributed by atoms with Crippen molar-refractivity contribution in [2.24, 2.45) is 0 Å². The molecule has 0 aliphatic rings. The van der Waals surface area contributed by atoms with Gasteiger partial charge in [0.25, 0.3) is 0 Å². The van der Waals surface area contributed by atoms with Crippen LogP contribution in [0.1, 0.15) is 12.8 Å². The van der Waals surface area contributed by atoms with E-state index in [2.05, 4.69) is 26.6 Å². The first-order valence-electron chi connectivity index (χ1n) is 3.49. The number of rotatable bonds is 4. The second-order valence-electron chi connectivity index (χ2n) is 3.17. The fraction of sp³-hybridized carbons (Fsp3) is 0.857. The standard InChI is InChI=1S/C7H17OSi/c1-5-6-7-8-9(2,3)4/h1,5-7H2,2-4H3. The lowest BCUT2D eigenvalue weighted by molar-refractivity contribution is 0.306. The lowest BCUT2D eigenvalue weighted by Crippen LogP contribution is -2.25. The smallest absolute Gasteiger partial charge is 0.183 e. The molecule has 0 saturated heterocycles. The molecule has 0 aromatic carbocycles. The van der Waals surface area contributed by atoms with Crippen LogP contribution in [0.15, 0.2) is 0 Å². The third-order valence-corrected chi connectivity index (χ3v) is 2.00. The van der Waals surface area contributed by atoms with Crippen molar-refractivity contribution in [2.75, 3.05) is 6.61 Å². The molecular formula is C7H17OSi. The van der Waals surface area contributed by atoms with Crippen LogP contribution in [-0.2, 0) is 4.43 Å². The normalized spacial score (nSPS) is 12.0. The maximum absolute atomic E-state index is 5.57. The van der Waals surface area contributed by atoms with Gasteiger partial charge in [-0.05, 0) is 26.1 Å². The Labute approximate surface area is 59.5 Å². The Hall–Kier alpha value is 0.177. The topological polar surface area (TPSA) is 9.23 Å². The highest BCUT2D eigenvalue weighted by atomic mass is 28.4. The minimum Gasteiger partial charge on any atom is -0.418 e. The molecule has 9 heavy (non-hydrogen) atoms. The third-order valence-electron chi connectivity index (χ3n) is 0.929. The van der Waals surface area contributed by atoms with Gasteiger partial charge in [-0.2, -0.15) is 0 Å². The highest BCUT2D eigenvalue weighted by Gasteiger charge is 2.12. The fourth-order valence-corrected chi connectivity index (χ4v) is 1.24. The van der Waals surface area contributed by atoms with Crippen LogP contribution in [0.25, 0.3) is 0 Å². The van der Waals surface area contributed by atoms with Crippen LogP contribution in [0, 0.1) is 6.92 Å².